The number of nitrogens with zero attached hydrogens (tertiary/aromatic N) is 3. The lowest BCUT2D eigenvalue weighted by molar-refractivity contribution is -0.132. The second kappa shape index (κ2) is 6.72. The van der Waals surface area contributed by atoms with E-state index in [1.54, 1.807) is 24.3 Å². The number of nitrogens with one attached hydrogen (secondary N) is 1. The molecule has 1 aliphatic carbocycles. The molecule has 1 aromatic carbocycles. The topological polar surface area (TPSA) is 88.3 Å². The van der Waals surface area contributed by atoms with Gasteiger partial charge in [-0.05, 0) is 37.1 Å². The van der Waals surface area contributed by atoms with Gasteiger partial charge in [0, 0.05) is 10.6 Å². The predicted octanol–water partition coefficient (Wildman–Crippen LogP) is 3.53. The van der Waals surface area contributed by atoms with E-state index in [0.717, 1.165) is 31.2 Å². The summed E-state index contributed by atoms with van der Waals surface area (Å²) < 4.78 is 5.24. The molecule has 136 valence electrons. The van der Waals surface area contributed by atoms with Gasteiger partial charge in [-0.15, -0.1) is 0 Å². The molecule has 2 aliphatic rings. The van der Waals surface area contributed by atoms with Crippen LogP contribution < -0.4 is 5.32 Å². The Bertz CT molecular complexity index is 825. The van der Waals surface area contributed by atoms with Crippen molar-refractivity contribution in [2.75, 3.05) is 0 Å². The van der Waals surface area contributed by atoms with E-state index in [2.05, 4.69) is 15.5 Å². The van der Waals surface area contributed by atoms with Crippen LogP contribution >= 0.6 is 11.6 Å². The molecule has 7 nitrogen and oxygen atoms in total. The Labute approximate surface area is 155 Å². The first-order chi connectivity index (χ1) is 12.6. The average molecular weight is 375 g/mol. The summed E-state index contributed by atoms with van der Waals surface area (Å²) in [6.45, 7) is -0.0208. The monoisotopic (exact) mass is 374 g/mol. The number of imide groups is 1. The maximum atomic E-state index is 12.9. The van der Waals surface area contributed by atoms with E-state index in [1.165, 1.54) is 4.90 Å². The van der Waals surface area contributed by atoms with E-state index in [9.17, 15) is 9.59 Å². The summed E-state index contributed by atoms with van der Waals surface area (Å²) in [6, 6.07) is 6.65. The Hall–Kier alpha value is -2.41. The first kappa shape index (κ1) is 17.0. The molecule has 0 unspecified atom stereocenters. The molecular weight excluding hydrogens is 356 g/mol. The van der Waals surface area contributed by atoms with Crippen molar-refractivity contribution in [3.63, 3.8) is 0 Å². The van der Waals surface area contributed by atoms with Gasteiger partial charge < -0.3 is 9.84 Å². The third kappa shape index (κ3) is 3.07. The minimum absolute atomic E-state index is 0.0208. The van der Waals surface area contributed by atoms with Gasteiger partial charge in [-0.25, -0.2) is 4.79 Å². The molecule has 1 saturated carbocycles. The van der Waals surface area contributed by atoms with E-state index in [-0.39, 0.29) is 24.4 Å². The van der Waals surface area contributed by atoms with Crippen LogP contribution in [0.1, 0.15) is 44.4 Å². The third-order valence-electron chi connectivity index (χ3n) is 5.07. The summed E-state index contributed by atoms with van der Waals surface area (Å²) in [7, 11) is 0. The normalized spacial score (nSPS) is 19.7. The standard InChI is InChI=1S/C18H19ClN4O3/c19-13-7-5-12(6-8-13)15-20-14(26-22-15)11-23-16(24)18(21-17(23)25)9-3-1-2-4-10-18/h5-8H,1-4,9-11H2,(H,21,25). The Morgan fingerprint density at radius 1 is 1.12 bits per heavy atom. The molecule has 1 spiro atoms. The summed E-state index contributed by atoms with van der Waals surface area (Å²) in [5.41, 5.74) is -0.00563. The van der Waals surface area contributed by atoms with Crippen LogP contribution in [0.4, 0.5) is 4.79 Å². The molecule has 8 heteroatoms. The van der Waals surface area contributed by atoms with Crippen LogP contribution in [0.3, 0.4) is 0 Å². The van der Waals surface area contributed by atoms with Gasteiger partial charge in [-0.2, -0.15) is 4.98 Å². The molecule has 2 fully saturated rings. The van der Waals surface area contributed by atoms with E-state index < -0.39 is 5.54 Å². The molecule has 2 aromatic rings. The second-order valence-corrected chi connectivity index (χ2v) is 7.27. The van der Waals surface area contributed by atoms with Crippen LogP contribution in [-0.2, 0) is 11.3 Å². The molecule has 26 heavy (non-hydrogen) atoms. The van der Waals surface area contributed by atoms with Crippen molar-refractivity contribution < 1.29 is 14.1 Å². The van der Waals surface area contributed by atoms with Crippen LogP contribution in [0.2, 0.25) is 5.02 Å². The first-order valence-electron chi connectivity index (χ1n) is 8.80. The van der Waals surface area contributed by atoms with Crippen molar-refractivity contribution in [1.29, 1.82) is 0 Å². The van der Waals surface area contributed by atoms with Crippen LogP contribution in [0, 0.1) is 0 Å². The Morgan fingerprint density at radius 3 is 2.50 bits per heavy atom. The highest BCUT2D eigenvalue weighted by Crippen LogP contribution is 2.33. The smallest absolute Gasteiger partial charge is 0.325 e. The number of amides is 3. The maximum absolute atomic E-state index is 12.9. The van der Waals surface area contributed by atoms with Crippen molar-refractivity contribution in [2.45, 2.75) is 50.6 Å². The van der Waals surface area contributed by atoms with E-state index in [1.807, 2.05) is 0 Å². The number of carbonyl (C=O) groups is 2. The minimum atomic E-state index is -0.757. The molecule has 0 radical (unpaired) electrons. The maximum Gasteiger partial charge on any atom is 0.325 e. The van der Waals surface area contributed by atoms with Crippen molar-refractivity contribution in [1.82, 2.24) is 20.4 Å². The van der Waals surface area contributed by atoms with E-state index in [0.29, 0.717) is 23.7 Å². The van der Waals surface area contributed by atoms with Crippen molar-refractivity contribution in [3.8, 4) is 11.4 Å². The van der Waals surface area contributed by atoms with Crippen LogP contribution in [-0.4, -0.2) is 32.5 Å². The summed E-state index contributed by atoms with van der Waals surface area (Å²) >= 11 is 5.88. The summed E-state index contributed by atoms with van der Waals surface area (Å²) in [4.78, 5) is 30.8. The van der Waals surface area contributed by atoms with Gasteiger partial charge in [0.05, 0.1) is 0 Å². The molecule has 1 saturated heterocycles. The van der Waals surface area contributed by atoms with Gasteiger partial charge in [0.25, 0.3) is 5.91 Å². The zero-order valence-electron chi connectivity index (χ0n) is 14.2. The molecule has 1 N–H and O–H groups in total. The van der Waals surface area contributed by atoms with Gasteiger partial charge in [0.15, 0.2) is 0 Å². The van der Waals surface area contributed by atoms with Gasteiger partial charge in [-0.3, -0.25) is 9.69 Å². The van der Waals surface area contributed by atoms with Gasteiger partial charge in [-0.1, -0.05) is 42.4 Å². The van der Waals surface area contributed by atoms with Gasteiger partial charge in [0.2, 0.25) is 11.7 Å². The Morgan fingerprint density at radius 2 is 1.81 bits per heavy atom. The highest BCUT2D eigenvalue weighted by atomic mass is 35.5. The number of benzene rings is 1. The van der Waals surface area contributed by atoms with Crippen molar-refractivity contribution in [2.24, 2.45) is 0 Å². The second-order valence-electron chi connectivity index (χ2n) is 6.84. The fourth-order valence-electron chi connectivity index (χ4n) is 3.66. The lowest BCUT2D eigenvalue weighted by atomic mass is 9.90. The highest BCUT2D eigenvalue weighted by Gasteiger charge is 2.51. The fourth-order valence-corrected chi connectivity index (χ4v) is 3.79. The zero-order chi connectivity index (χ0) is 18.1. The number of urea groups is 1. The molecule has 4 rings (SSSR count). The van der Waals surface area contributed by atoms with Gasteiger partial charge in [0.1, 0.15) is 12.1 Å². The lowest BCUT2D eigenvalue weighted by Gasteiger charge is -2.24. The molecular formula is C18H19ClN4O3. The van der Waals surface area contributed by atoms with E-state index in [4.69, 9.17) is 16.1 Å². The third-order valence-corrected chi connectivity index (χ3v) is 5.32. The van der Waals surface area contributed by atoms with Crippen LogP contribution in [0.15, 0.2) is 28.8 Å². The number of rotatable bonds is 3. The first-order valence-corrected chi connectivity index (χ1v) is 9.18. The molecule has 3 amide bonds. The zero-order valence-corrected chi connectivity index (χ0v) is 15.0. The number of hydrogen-bond acceptors (Lipinski definition) is 5. The van der Waals surface area contributed by atoms with Crippen LogP contribution in [0.25, 0.3) is 11.4 Å². The number of hydrogen-bond donors (Lipinski definition) is 1. The largest absolute Gasteiger partial charge is 0.337 e. The van der Waals surface area contributed by atoms with Crippen LogP contribution in [0.5, 0.6) is 0 Å². The average Bonchev–Trinajstić information content (AvgIpc) is 3.08. The fraction of sp³-hybridized carbons (Fsp3) is 0.444. The quantitative estimate of drug-likeness (QED) is 0.830. The summed E-state index contributed by atoms with van der Waals surface area (Å²) in [5, 5.41) is 7.45. The lowest BCUT2D eigenvalue weighted by Crippen LogP contribution is -2.46. The summed E-state index contributed by atoms with van der Waals surface area (Å²) in [5.74, 6) is 0.438. The Kier molecular flexibility index (Phi) is 4.40. The molecule has 1 aromatic heterocycles. The van der Waals surface area contributed by atoms with Gasteiger partial charge >= 0.3 is 6.03 Å². The SMILES string of the molecule is O=C1NC2(CCCCCC2)C(=O)N1Cc1nc(-c2ccc(Cl)cc2)no1. The number of aromatic nitrogens is 2. The van der Waals surface area contributed by atoms with Crippen molar-refractivity contribution >= 4 is 23.5 Å². The summed E-state index contributed by atoms with van der Waals surface area (Å²) in [6.07, 6.45) is 5.46. The molecule has 0 bridgehead atoms. The molecule has 1 aliphatic heterocycles. The highest BCUT2D eigenvalue weighted by molar-refractivity contribution is 6.30. The Balaban J connectivity index is 1.51. The minimum Gasteiger partial charge on any atom is -0.337 e. The predicted molar refractivity (Wildman–Crippen MR) is 94.3 cm³/mol. The number of carbonyl (C=O) groups excluding carboxylic acids is 2. The van der Waals surface area contributed by atoms with Crippen molar-refractivity contribution in [3.05, 3.63) is 35.2 Å². The number of halogens is 1. The molecule has 0 atom stereocenters. The van der Waals surface area contributed by atoms with E-state index >= 15 is 0 Å². The molecule has 2 heterocycles.